The molecule has 1 rings (SSSR count). The lowest BCUT2D eigenvalue weighted by Gasteiger charge is -2.21. The number of rotatable bonds is 3. The summed E-state index contributed by atoms with van der Waals surface area (Å²) >= 11 is 0. The highest BCUT2D eigenvalue weighted by atomic mass is 16.6. The molecular weight excluding hydrogens is 244 g/mol. The van der Waals surface area contributed by atoms with Gasteiger partial charge in [0.25, 0.3) is 0 Å². The Morgan fingerprint density at radius 3 is 2.63 bits per heavy atom. The molecule has 1 aromatic rings. The molecular formula is C14H22N2O3. The third-order valence-electron chi connectivity index (χ3n) is 2.56. The molecule has 0 aromatic heterocycles. The van der Waals surface area contributed by atoms with Crippen molar-refractivity contribution in [3.8, 4) is 5.75 Å². The average Bonchev–Trinajstić information content (AvgIpc) is 2.28. The van der Waals surface area contributed by atoms with Crippen LogP contribution in [0.2, 0.25) is 0 Å². The zero-order chi connectivity index (χ0) is 14.6. The van der Waals surface area contributed by atoms with E-state index in [1.165, 1.54) is 6.07 Å². The van der Waals surface area contributed by atoms with Crippen molar-refractivity contribution in [3.63, 3.8) is 0 Å². The van der Waals surface area contributed by atoms with Gasteiger partial charge in [-0.15, -0.1) is 0 Å². The van der Waals surface area contributed by atoms with E-state index in [0.717, 1.165) is 5.56 Å². The van der Waals surface area contributed by atoms with Crippen molar-refractivity contribution >= 4 is 11.8 Å². The summed E-state index contributed by atoms with van der Waals surface area (Å²) in [5.41, 5.74) is 6.46. The highest BCUT2D eigenvalue weighted by molar-refractivity contribution is 5.86. The first kappa shape index (κ1) is 15.3. The lowest BCUT2D eigenvalue weighted by atomic mass is 9.99. The third kappa shape index (κ3) is 4.79. The van der Waals surface area contributed by atoms with E-state index in [1.54, 1.807) is 32.9 Å². The van der Waals surface area contributed by atoms with Gasteiger partial charge in [0.05, 0.1) is 0 Å². The molecule has 1 aromatic carbocycles. The van der Waals surface area contributed by atoms with Crippen molar-refractivity contribution in [1.29, 1.82) is 0 Å². The summed E-state index contributed by atoms with van der Waals surface area (Å²) in [6.45, 7) is 7.74. The van der Waals surface area contributed by atoms with E-state index in [1.807, 2.05) is 6.92 Å². The maximum Gasteiger partial charge on any atom is 0.412 e. The molecule has 1 atom stereocenters. The minimum absolute atomic E-state index is 0.0250. The first-order valence-corrected chi connectivity index (χ1v) is 6.26. The van der Waals surface area contributed by atoms with Crippen molar-refractivity contribution in [1.82, 2.24) is 0 Å². The Kier molecular flexibility index (Phi) is 4.78. The van der Waals surface area contributed by atoms with Gasteiger partial charge in [-0.05, 0) is 57.0 Å². The molecule has 0 saturated carbocycles. The maximum atomic E-state index is 11.7. The zero-order valence-electron chi connectivity index (χ0n) is 11.9. The van der Waals surface area contributed by atoms with Gasteiger partial charge < -0.3 is 15.6 Å². The average molecular weight is 266 g/mol. The number of nitrogens with one attached hydrogen (secondary N) is 1. The molecule has 1 amide bonds. The Labute approximate surface area is 113 Å². The van der Waals surface area contributed by atoms with Gasteiger partial charge in [0.2, 0.25) is 0 Å². The SMILES string of the molecule is CC(CN)c1cc(O)ccc1NC(=O)OC(C)(C)C. The number of carbonyl (C=O) groups is 1. The van der Waals surface area contributed by atoms with Crippen LogP contribution in [0, 0.1) is 0 Å². The summed E-state index contributed by atoms with van der Waals surface area (Å²) in [5.74, 6) is 0.169. The summed E-state index contributed by atoms with van der Waals surface area (Å²) in [4.78, 5) is 11.7. The first-order valence-electron chi connectivity index (χ1n) is 6.26. The Hall–Kier alpha value is -1.75. The molecule has 19 heavy (non-hydrogen) atoms. The number of benzene rings is 1. The van der Waals surface area contributed by atoms with Crippen LogP contribution in [0.15, 0.2) is 18.2 Å². The van der Waals surface area contributed by atoms with Crippen LogP contribution in [0.5, 0.6) is 5.75 Å². The van der Waals surface area contributed by atoms with Crippen molar-refractivity contribution in [2.24, 2.45) is 5.73 Å². The van der Waals surface area contributed by atoms with Crippen LogP contribution in [0.3, 0.4) is 0 Å². The molecule has 5 nitrogen and oxygen atoms in total. The molecule has 4 N–H and O–H groups in total. The predicted molar refractivity (Wildman–Crippen MR) is 75.4 cm³/mol. The maximum absolute atomic E-state index is 11.7. The molecule has 0 bridgehead atoms. The fourth-order valence-electron chi connectivity index (χ4n) is 1.61. The van der Waals surface area contributed by atoms with Crippen LogP contribution in [-0.4, -0.2) is 23.3 Å². The molecule has 0 spiro atoms. The number of nitrogens with two attached hydrogens (primary N) is 1. The van der Waals surface area contributed by atoms with Crippen molar-refractivity contribution in [2.75, 3.05) is 11.9 Å². The van der Waals surface area contributed by atoms with Gasteiger partial charge in [-0.25, -0.2) is 4.79 Å². The minimum atomic E-state index is -0.555. The molecule has 106 valence electrons. The van der Waals surface area contributed by atoms with E-state index in [4.69, 9.17) is 10.5 Å². The fraction of sp³-hybridized carbons (Fsp3) is 0.500. The van der Waals surface area contributed by atoms with Gasteiger partial charge >= 0.3 is 6.09 Å². The number of amides is 1. The normalized spacial score (nSPS) is 12.9. The number of anilines is 1. The Morgan fingerprint density at radius 2 is 2.11 bits per heavy atom. The van der Waals surface area contributed by atoms with Gasteiger partial charge in [-0.1, -0.05) is 6.92 Å². The van der Waals surface area contributed by atoms with Crippen LogP contribution >= 0.6 is 0 Å². The Balaban J connectivity index is 2.91. The van der Waals surface area contributed by atoms with Gasteiger partial charge in [-0.2, -0.15) is 0 Å². The first-order chi connectivity index (χ1) is 8.73. The lowest BCUT2D eigenvalue weighted by molar-refractivity contribution is 0.0635. The van der Waals surface area contributed by atoms with Crippen LogP contribution in [0.25, 0.3) is 0 Å². The van der Waals surface area contributed by atoms with E-state index in [9.17, 15) is 9.90 Å². The molecule has 5 heteroatoms. The fourth-order valence-corrected chi connectivity index (χ4v) is 1.61. The van der Waals surface area contributed by atoms with Crippen molar-refractivity contribution < 1.29 is 14.6 Å². The third-order valence-corrected chi connectivity index (χ3v) is 2.56. The number of carbonyl (C=O) groups excluding carboxylic acids is 1. The minimum Gasteiger partial charge on any atom is -0.508 e. The summed E-state index contributed by atoms with van der Waals surface area (Å²) in [6, 6.07) is 4.75. The summed E-state index contributed by atoms with van der Waals surface area (Å²) in [6.07, 6.45) is -0.524. The van der Waals surface area contributed by atoms with Crippen LogP contribution < -0.4 is 11.1 Å². The van der Waals surface area contributed by atoms with E-state index in [0.29, 0.717) is 12.2 Å². The van der Waals surface area contributed by atoms with E-state index in [2.05, 4.69) is 5.32 Å². The molecule has 0 heterocycles. The number of phenolic OH excluding ortho intramolecular Hbond substituents is 1. The summed E-state index contributed by atoms with van der Waals surface area (Å²) in [5, 5.41) is 12.2. The standard InChI is InChI=1S/C14H22N2O3/c1-9(8-15)11-7-10(17)5-6-12(11)16-13(18)19-14(2,3)4/h5-7,9,17H,8,15H2,1-4H3,(H,16,18). The topological polar surface area (TPSA) is 84.6 Å². The Bertz CT molecular complexity index is 452. The molecule has 0 aliphatic rings. The molecule has 0 radical (unpaired) electrons. The largest absolute Gasteiger partial charge is 0.508 e. The molecule has 0 fully saturated rings. The highest BCUT2D eigenvalue weighted by Crippen LogP contribution is 2.28. The van der Waals surface area contributed by atoms with Gasteiger partial charge in [0.15, 0.2) is 0 Å². The van der Waals surface area contributed by atoms with E-state index >= 15 is 0 Å². The molecule has 0 saturated heterocycles. The van der Waals surface area contributed by atoms with Crippen LogP contribution in [-0.2, 0) is 4.74 Å². The van der Waals surface area contributed by atoms with E-state index < -0.39 is 11.7 Å². The number of hydrogen-bond donors (Lipinski definition) is 3. The summed E-state index contributed by atoms with van der Waals surface area (Å²) < 4.78 is 5.20. The van der Waals surface area contributed by atoms with Crippen molar-refractivity contribution in [2.45, 2.75) is 39.2 Å². The highest BCUT2D eigenvalue weighted by Gasteiger charge is 2.18. The van der Waals surface area contributed by atoms with Gasteiger partial charge in [0.1, 0.15) is 11.4 Å². The number of phenols is 1. The number of hydrogen-bond acceptors (Lipinski definition) is 4. The number of ether oxygens (including phenoxy) is 1. The van der Waals surface area contributed by atoms with Crippen LogP contribution in [0.4, 0.5) is 10.5 Å². The van der Waals surface area contributed by atoms with Gasteiger partial charge in [-0.3, -0.25) is 5.32 Å². The van der Waals surface area contributed by atoms with Crippen LogP contribution in [0.1, 0.15) is 39.2 Å². The molecule has 1 unspecified atom stereocenters. The second kappa shape index (κ2) is 5.93. The van der Waals surface area contributed by atoms with E-state index in [-0.39, 0.29) is 11.7 Å². The second-order valence-corrected chi connectivity index (χ2v) is 5.54. The zero-order valence-corrected chi connectivity index (χ0v) is 11.9. The quantitative estimate of drug-likeness (QED) is 0.734. The molecule has 0 aliphatic heterocycles. The van der Waals surface area contributed by atoms with Gasteiger partial charge in [0, 0.05) is 5.69 Å². The second-order valence-electron chi connectivity index (χ2n) is 5.54. The summed E-state index contributed by atoms with van der Waals surface area (Å²) in [7, 11) is 0. The predicted octanol–water partition coefficient (Wildman–Crippen LogP) is 2.80. The van der Waals surface area contributed by atoms with Crippen molar-refractivity contribution in [3.05, 3.63) is 23.8 Å². The Morgan fingerprint density at radius 1 is 1.47 bits per heavy atom. The smallest absolute Gasteiger partial charge is 0.412 e. The lowest BCUT2D eigenvalue weighted by Crippen LogP contribution is -2.27. The monoisotopic (exact) mass is 266 g/mol. The number of aromatic hydroxyl groups is 1. The molecule has 0 aliphatic carbocycles.